The van der Waals surface area contributed by atoms with Crippen LogP contribution in [0.25, 0.3) is 0 Å². The minimum Gasteiger partial charge on any atom is -0.318 e. The molecule has 0 aliphatic heterocycles. The normalized spacial score (nSPS) is 11.3. The van der Waals surface area contributed by atoms with Gasteiger partial charge in [-0.15, -0.1) is 0 Å². The molecule has 0 fully saturated rings. The molecule has 0 aromatic heterocycles. The highest BCUT2D eigenvalue weighted by Crippen LogP contribution is 2.25. The van der Waals surface area contributed by atoms with Crippen molar-refractivity contribution in [3.05, 3.63) is 64.1 Å². The van der Waals surface area contributed by atoms with Crippen LogP contribution in [0.2, 0.25) is 10.0 Å². The van der Waals surface area contributed by atoms with Crippen LogP contribution in [0.15, 0.2) is 48.5 Å². The lowest BCUT2D eigenvalue weighted by molar-refractivity contribution is 0.250. The molecule has 2 N–H and O–H groups in total. The molecular formula is C15H11Cl2N3O. The second kappa shape index (κ2) is 6.98. The summed E-state index contributed by atoms with van der Waals surface area (Å²) in [6.45, 7) is 0. The molecule has 106 valence electrons. The molecule has 21 heavy (non-hydrogen) atoms. The van der Waals surface area contributed by atoms with Gasteiger partial charge in [0.2, 0.25) is 0 Å². The van der Waals surface area contributed by atoms with E-state index in [0.29, 0.717) is 21.3 Å². The maximum absolute atomic E-state index is 11.9. The fraction of sp³-hybridized carbons (Fsp3) is 0.0667. The van der Waals surface area contributed by atoms with Gasteiger partial charge in [-0.25, -0.2) is 4.79 Å². The summed E-state index contributed by atoms with van der Waals surface area (Å²) in [6.07, 6.45) is 0. The summed E-state index contributed by atoms with van der Waals surface area (Å²) >= 11 is 11.7. The van der Waals surface area contributed by atoms with E-state index in [4.69, 9.17) is 28.5 Å². The minimum absolute atomic E-state index is 0.342. The van der Waals surface area contributed by atoms with Crippen LogP contribution < -0.4 is 10.6 Å². The van der Waals surface area contributed by atoms with Crippen LogP contribution in [0.5, 0.6) is 0 Å². The van der Waals surface area contributed by atoms with Gasteiger partial charge in [0.25, 0.3) is 0 Å². The molecule has 2 aromatic rings. The van der Waals surface area contributed by atoms with Crippen molar-refractivity contribution in [2.75, 3.05) is 5.32 Å². The van der Waals surface area contributed by atoms with E-state index in [1.165, 1.54) is 6.07 Å². The highest BCUT2D eigenvalue weighted by Gasteiger charge is 2.13. The highest BCUT2D eigenvalue weighted by atomic mass is 35.5. The van der Waals surface area contributed by atoms with Gasteiger partial charge in [0.05, 0.1) is 16.1 Å². The van der Waals surface area contributed by atoms with E-state index in [9.17, 15) is 4.79 Å². The van der Waals surface area contributed by atoms with Crippen LogP contribution in [0.4, 0.5) is 10.5 Å². The second-order valence-corrected chi connectivity index (χ2v) is 5.01. The monoisotopic (exact) mass is 319 g/mol. The van der Waals surface area contributed by atoms with Gasteiger partial charge in [-0.1, -0.05) is 53.5 Å². The molecule has 6 heteroatoms. The number of carbonyl (C=O) groups excluding carboxylic acids is 1. The van der Waals surface area contributed by atoms with Crippen molar-refractivity contribution in [1.82, 2.24) is 5.32 Å². The Morgan fingerprint density at radius 3 is 2.43 bits per heavy atom. The number of nitriles is 1. The molecule has 0 radical (unpaired) electrons. The quantitative estimate of drug-likeness (QED) is 0.881. The molecule has 0 heterocycles. The third kappa shape index (κ3) is 4.12. The zero-order valence-corrected chi connectivity index (χ0v) is 12.3. The largest absolute Gasteiger partial charge is 0.320 e. The molecule has 0 aliphatic rings. The average molecular weight is 320 g/mol. The summed E-state index contributed by atoms with van der Waals surface area (Å²) in [5.41, 5.74) is 1.20. The van der Waals surface area contributed by atoms with Gasteiger partial charge in [0, 0.05) is 5.69 Å². The molecular weight excluding hydrogens is 309 g/mol. The van der Waals surface area contributed by atoms with E-state index >= 15 is 0 Å². The van der Waals surface area contributed by atoms with E-state index in [0.717, 1.165) is 0 Å². The third-order valence-corrected chi connectivity index (χ3v) is 3.45. The van der Waals surface area contributed by atoms with Crippen molar-refractivity contribution >= 4 is 34.9 Å². The van der Waals surface area contributed by atoms with Gasteiger partial charge in [-0.2, -0.15) is 5.26 Å². The highest BCUT2D eigenvalue weighted by molar-refractivity contribution is 6.42. The summed E-state index contributed by atoms with van der Waals surface area (Å²) in [7, 11) is 0. The first-order valence-electron chi connectivity index (χ1n) is 6.07. The molecule has 4 nitrogen and oxygen atoms in total. The number of benzene rings is 2. The molecule has 0 spiro atoms. The number of hydrogen-bond donors (Lipinski definition) is 2. The van der Waals surface area contributed by atoms with Gasteiger partial charge in [-0.05, 0) is 23.8 Å². The summed E-state index contributed by atoms with van der Waals surface area (Å²) in [5.74, 6) is 0. The standard InChI is InChI=1S/C15H11Cl2N3O/c16-12-7-6-11(8-13(12)17)19-15(21)20-14(9-18)10-4-2-1-3-5-10/h1-8,14H,(H2,19,20,21). The van der Waals surface area contributed by atoms with Gasteiger partial charge in [0.1, 0.15) is 6.04 Å². The summed E-state index contributed by atoms with van der Waals surface area (Å²) < 4.78 is 0. The number of carbonyl (C=O) groups is 1. The van der Waals surface area contributed by atoms with Crippen molar-refractivity contribution in [1.29, 1.82) is 5.26 Å². The van der Waals surface area contributed by atoms with Crippen LogP contribution in [0.3, 0.4) is 0 Å². The molecule has 1 atom stereocenters. The maximum atomic E-state index is 11.9. The Morgan fingerprint density at radius 2 is 1.81 bits per heavy atom. The maximum Gasteiger partial charge on any atom is 0.320 e. The fourth-order valence-corrected chi connectivity index (χ4v) is 2.01. The van der Waals surface area contributed by atoms with Crippen LogP contribution in [0, 0.1) is 11.3 Å². The first-order chi connectivity index (χ1) is 10.1. The third-order valence-electron chi connectivity index (χ3n) is 2.71. The van der Waals surface area contributed by atoms with Crippen LogP contribution in [0.1, 0.15) is 11.6 Å². The average Bonchev–Trinajstić information content (AvgIpc) is 2.49. The van der Waals surface area contributed by atoms with E-state index in [1.807, 2.05) is 12.1 Å². The number of amides is 2. The molecule has 1 unspecified atom stereocenters. The lowest BCUT2D eigenvalue weighted by Crippen LogP contribution is -2.31. The summed E-state index contributed by atoms with van der Waals surface area (Å²) in [4.78, 5) is 11.9. The minimum atomic E-state index is -0.728. The number of rotatable bonds is 3. The van der Waals surface area contributed by atoms with Crippen LogP contribution in [-0.2, 0) is 0 Å². The first kappa shape index (κ1) is 15.2. The van der Waals surface area contributed by atoms with Gasteiger partial charge < -0.3 is 10.6 Å². The predicted molar refractivity (Wildman–Crippen MR) is 83.4 cm³/mol. The Labute approximate surface area is 132 Å². The summed E-state index contributed by atoms with van der Waals surface area (Å²) in [5, 5.41) is 15.1. The van der Waals surface area contributed by atoms with Crippen LogP contribution >= 0.6 is 23.2 Å². The van der Waals surface area contributed by atoms with Gasteiger partial charge in [-0.3, -0.25) is 0 Å². The SMILES string of the molecule is N#CC(NC(=O)Nc1ccc(Cl)c(Cl)c1)c1ccccc1. The van der Waals surface area contributed by atoms with Crippen LogP contribution in [-0.4, -0.2) is 6.03 Å². The lowest BCUT2D eigenvalue weighted by atomic mass is 10.1. The number of nitrogens with one attached hydrogen (secondary N) is 2. The van der Waals surface area contributed by atoms with Gasteiger partial charge >= 0.3 is 6.03 Å². The second-order valence-electron chi connectivity index (χ2n) is 4.20. The van der Waals surface area contributed by atoms with Crippen molar-refractivity contribution < 1.29 is 4.79 Å². The molecule has 2 amide bonds. The number of nitrogens with zero attached hydrogens (tertiary/aromatic N) is 1. The molecule has 0 bridgehead atoms. The number of urea groups is 1. The predicted octanol–water partition coefficient (Wildman–Crippen LogP) is 4.38. The van der Waals surface area contributed by atoms with E-state index in [1.54, 1.807) is 36.4 Å². The number of anilines is 1. The van der Waals surface area contributed by atoms with Crippen molar-refractivity contribution in [2.24, 2.45) is 0 Å². The van der Waals surface area contributed by atoms with Crippen molar-refractivity contribution in [3.8, 4) is 6.07 Å². The molecule has 2 rings (SSSR count). The van der Waals surface area contributed by atoms with Crippen molar-refractivity contribution in [2.45, 2.75) is 6.04 Å². The Morgan fingerprint density at radius 1 is 1.10 bits per heavy atom. The number of hydrogen-bond acceptors (Lipinski definition) is 2. The lowest BCUT2D eigenvalue weighted by Gasteiger charge is -2.13. The van der Waals surface area contributed by atoms with E-state index < -0.39 is 12.1 Å². The molecule has 0 saturated carbocycles. The topological polar surface area (TPSA) is 64.9 Å². The molecule has 2 aromatic carbocycles. The fourth-order valence-electron chi connectivity index (χ4n) is 1.71. The molecule has 0 aliphatic carbocycles. The Kier molecular flexibility index (Phi) is 5.04. The number of halogens is 2. The van der Waals surface area contributed by atoms with Gasteiger partial charge in [0.15, 0.2) is 0 Å². The Hall–Kier alpha value is -2.22. The first-order valence-corrected chi connectivity index (χ1v) is 6.83. The van der Waals surface area contributed by atoms with E-state index in [-0.39, 0.29) is 0 Å². The Balaban J connectivity index is 2.04. The molecule has 0 saturated heterocycles. The zero-order chi connectivity index (χ0) is 15.2. The van der Waals surface area contributed by atoms with Crippen molar-refractivity contribution in [3.63, 3.8) is 0 Å². The Bertz CT molecular complexity index is 683. The van der Waals surface area contributed by atoms with E-state index in [2.05, 4.69) is 10.6 Å². The zero-order valence-electron chi connectivity index (χ0n) is 10.8. The smallest absolute Gasteiger partial charge is 0.318 e. The summed E-state index contributed by atoms with van der Waals surface area (Å²) in [6, 6.07) is 14.5.